The van der Waals surface area contributed by atoms with Crippen LogP contribution in [0.15, 0.2) is 40.1 Å². The predicted octanol–water partition coefficient (Wildman–Crippen LogP) is 2.20. The molecule has 2 aromatic rings. The summed E-state index contributed by atoms with van der Waals surface area (Å²) >= 11 is 11.9. The second kappa shape index (κ2) is 11.0. The van der Waals surface area contributed by atoms with Crippen molar-refractivity contribution in [2.75, 3.05) is 20.8 Å². The lowest BCUT2D eigenvalue weighted by Crippen LogP contribution is -2.48. The van der Waals surface area contributed by atoms with E-state index in [4.69, 9.17) is 42.1 Å². The summed E-state index contributed by atoms with van der Waals surface area (Å²) in [6, 6.07) is 4.95. The van der Waals surface area contributed by atoms with Crippen molar-refractivity contribution in [1.29, 1.82) is 0 Å². The van der Waals surface area contributed by atoms with Crippen LogP contribution in [0.1, 0.15) is 16.6 Å². The summed E-state index contributed by atoms with van der Waals surface area (Å²) in [7, 11) is 1.86. The number of halogens is 3. The third-order valence-electron chi connectivity index (χ3n) is 4.81. The topological polar surface area (TPSA) is 161 Å². The molecule has 1 saturated heterocycles. The van der Waals surface area contributed by atoms with Crippen LogP contribution in [0.2, 0.25) is 10.0 Å². The van der Waals surface area contributed by atoms with Crippen molar-refractivity contribution in [3.8, 4) is 0 Å². The number of rotatable bonds is 6. The van der Waals surface area contributed by atoms with Crippen molar-refractivity contribution in [2.24, 2.45) is 0 Å². The summed E-state index contributed by atoms with van der Waals surface area (Å²) in [5.74, 6) is -4.34. The van der Waals surface area contributed by atoms with Crippen LogP contribution in [-0.2, 0) is 28.4 Å². The molecule has 0 aliphatic carbocycles. The lowest BCUT2D eigenvalue weighted by molar-refractivity contribution is -0.209. The van der Waals surface area contributed by atoms with E-state index in [0.29, 0.717) is 4.57 Å². The summed E-state index contributed by atoms with van der Waals surface area (Å²) in [4.78, 5) is 61.9. The summed E-state index contributed by atoms with van der Waals surface area (Å²) in [6.45, 7) is -1.24. The SMILES string of the molecule is COC(=O)O[C@H]1[C@H](n2ccc(=O)[nH]c2=O)O[C@](F)(COC(=O)c2cccc(Cl)c2Cl)[C@H]1OC(=O)OC. The third-order valence-corrected chi connectivity index (χ3v) is 5.63. The van der Waals surface area contributed by atoms with E-state index >= 15 is 4.39 Å². The minimum Gasteiger partial charge on any atom is -0.456 e. The van der Waals surface area contributed by atoms with E-state index in [1.807, 2.05) is 4.98 Å². The molecule has 16 heteroatoms. The smallest absolute Gasteiger partial charge is 0.456 e. The van der Waals surface area contributed by atoms with E-state index in [1.165, 1.54) is 18.2 Å². The summed E-state index contributed by atoms with van der Waals surface area (Å²) < 4.78 is 45.8. The fourth-order valence-corrected chi connectivity index (χ4v) is 3.56. The molecule has 4 atom stereocenters. The average Bonchev–Trinajstić information content (AvgIpc) is 3.10. The van der Waals surface area contributed by atoms with E-state index in [2.05, 4.69) is 9.47 Å². The monoisotopic (exact) mass is 550 g/mol. The highest BCUT2D eigenvalue weighted by Crippen LogP contribution is 2.42. The van der Waals surface area contributed by atoms with Gasteiger partial charge >= 0.3 is 24.0 Å². The van der Waals surface area contributed by atoms with Gasteiger partial charge in [-0.3, -0.25) is 14.3 Å². The number of nitrogens with zero attached hydrogens (tertiary/aromatic N) is 1. The molecule has 1 aliphatic rings. The van der Waals surface area contributed by atoms with Crippen molar-refractivity contribution in [3.05, 3.63) is 66.9 Å². The van der Waals surface area contributed by atoms with Gasteiger partial charge in [-0.25, -0.2) is 23.6 Å². The molecule has 0 saturated carbocycles. The molecule has 0 spiro atoms. The second-order valence-electron chi connectivity index (χ2n) is 7.02. The van der Waals surface area contributed by atoms with Gasteiger partial charge < -0.3 is 28.4 Å². The zero-order valence-electron chi connectivity index (χ0n) is 18.4. The van der Waals surface area contributed by atoms with Gasteiger partial charge in [0, 0.05) is 12.3 Å². The van der Waals surface area contributed by atoms with Crippen LogP contribution >= 0.6 is 23.2 Å². The Balaban J connectivity index is 2.00. The highest BCUT2D eigenvalue weighted by molar-refractivity contribution is 6.43. The Bertz CT molecular complexity index is 1280. The largest absolute Gasteiger partial charge is 0.508 e. The molecular formula is C20H17Cl2FN2O11. The number of H-pyrrole nitrogens is 1. The number of hydrogen-bond donors (Lipinski definition) is 1. The number of carbonyl (C=O) groups is 3. The zero-order chi connectivity index (χ0) is 26.6. The molecule has 0 amide bonds. The average molecular weight is 551 g/mol. The minimum absolute atomic E-state index is 0.0224. The van der Waals surface area contributed by atoms with Gasteiger partial charge in [0.2, 0.25) is 6.10 Å². The highest BCUT2D eigenvalue weighted by Gasteiger charge is 2.63. The Labute approximate surface area is 210 Å². The third kappa shape index (κ3) is 5.61. The summed E-state index contributed by atoms with van der Waals surface area (Å²) in [5, 5.41) is -0.148. The Kier molecular flexibility index (Phi) is 8.22. The van der Waals surface area contributed by atoms with Gasteiger partial charge in [0.05, 0.1) is 29.8 Å². The Morgan fingerprint density at radius 3 is 2.42 bits per heavy atom. The fraction of sp³-hybridized carbons (Fsp3) is 0.350. The van der Waals surface area contributed by atoms with E-state index in [-0.39, 0.29) is 15.6 Å². The fourth-order valence-electron chi connectivity index (χ4n) is 3.18. The van der Waals surface area contributed by atoms with Crippen molar-refractivity contribution in [1.82, 2.24) is 9.55 Å². The number of aromatic nitrogens is 2. The highest BCUT2D eigenvalue weighted by atomic mass is 35.5. The van der Waals surface area contributed by atoms with Crippen LogP contribution in [0.4, 0.5) is 14.0 Å². The van der Waals surface area contributed by atoms with Crippen molar-refractivity contribution >= 4 is 41.5 Å². The van der Waals surface area contributed by atoms with E-state index in [1.54, 1.807) is 0 Å². The maximum absolute atomic E-state index is 16.2. The minimum atomic E-state index is -3.21. The van der Waals surface area contributed by atoms with Gasteiger partial charge in [-0.1, -0.05) is 29.3 Å². The molecular weight excluding hydrogens is 534 g/mol. The summed E-state index contributed by atoms with van der Waals surface area (Å²) in [6.07, 6.45) is -7.76. The first-order valence-electron chi connectivity index (χ1n) is 9.79. The summed E-state index contributed by atoms with van der Waals surface area (Å²) in [5.41, 5.74) is -2.09. The second-order valence-corrected chi connectivity index (χ2v) is 7.80. The Morgan fingerprint density at radius 1 is 1.11 bits per heavy atom. The number of aromatic amines is 1. The first-order chi connectivity index (χ1) is 17.0. The maximum atomic E-state index is 16.2. The molecule has 1 aliphatic heterocycles. The molecule has 0 radical (unpaired) electrons. The molecule has 194 valence electrons. The van der Waals surface area contributed by atoms with E-state index in [0.717, 1.165) is 26.5 Å². The predicted molar refractivity (Wildman–Crippen MR) is 117 cm³/mol. The van der Waals surface area contributed by atoms with E-state index < -0.39 is 60.4 Å². The standard InChI is InChI=1S/C20H17Cl2FN2O11/c1-31-18(29)34-13-14(35-19(30)32-2)20(23,36-15(13)25-7-6-11(26)24-17(25)28)8-33-16(27)9-4-3-5-10(21)12(9)22/h3-7,13-15H,8H2,1-2H3,(H,24,26,28)/t13-,14+,15-,20-/m1/s1. The number of methoxy groups -OCH3 is 2. The first-order valence-corrected chi connectivity index (χ1v) is 10.5. The van der Waals surface area contributed by atoms with Crippen molar-refractivity contribution in [3.63, 3.8) is 0 Å². The molecule has 13 nitrogen and oxygen atoms in total. The van der Waals surface area contributed by atoms with Gasteiger partial charge in [-0.15, -0.1) is 0 Å². The van der Waals surface area contributed by atoms with Crippen molar-refractivity contribution in [2.45, 2.75) is 24.3 Å². The molecule has 2 heterocycles. The number of hydrogen-bond acceptors (Lipinski definition) is 11. The van der Waals surface area contributed by atoms with E-state index in [9.17, 15) is 24.0 Å². The quantitative estimate of drug-likeness (QED) is 0.414. The van der Waals surface area contributed by atoms with Gasteiger partial charge in [0.15, 0.2) is 18.9 Å². The first kappa shape index (κ1) is 27.0. The number of ether oxygens (including phenoxy) is 6. The lowest BCUT2D eigenvalue weighted by atomic mass is 10.1. The van der Waals surface area contributed by atoms with Crippen LogP contribution in [-0.4, -0.2) is 66.7 Å². The number of carbonyl (C=O) groups excluding carboxylic acids is 3. The molecule has 1 aromatic heterocycles. The number of benzene rings is 1. The molecule has 1 N–H and O–H groups in total. The number of esters is 1. The van der Waals surface area contributed by atoms with Crippen LogP contribution in [0.25, 0.3) is 0 Å². The number of alkyl halides is 1. The molecule has 3 rings (SSSR count). The zero-order valence-corrected chi connectivity index (χ0v) is 19.9. The van der Waals surface area contributed by atoms with Crippen molar-refractivity contribution < 1.29 is 47.2 Å². The lowest BCUT2D eigenvalue weighted by Gasteiger charge is -2.26. The Morgan fingerprint density at radius 2 is 1.78 bits per heavy atom. The van der Waals surface area contributed by atoms with Gasteiger partial charge in [-0.05, 0) is 12.1 Å². The maximum Gasteiger partial charge on any atom is 0.508 e. The van der Waals surface area contributed by atoms with Crippen LogP contribution in [0.5, 0.6) is 0 Å². The molecule has 1 fully saturated rings. The van der Waals surface area contributed by atoms with Crippen LogP contribution in [0.3, 0.4) is 0 Å². The number of nitrogens with one attached hydrogen (secondary N) is 1. The molecule has 1 aromatic carbocycles. The Hall–Kier alpha value is -3.62. The molecule has 0 bridgehead atoms. The molecule has 36 heavy (non-hydrogen) atoms. The van der Waals surface area contributed by atoms with Gasteiger partial charge in [0.1, 0.15) is 0 Å². The normalized spacial score (nSPS) is 23.0. The van der Waals surface area contributed by atoms with Crippen LogP contribution < -0.4 is 11.2 Å². The van der Waals surface area contributed by atoms with Gasteiger partial charge in [0.25, 0.3) is 11.4 Å². The van der Waals surface area contributed by atoms with Crippen LogP contribution in [0, 0.1) is 0 Å². The van der Waals surface area contributed by atoms with Gasteiger partial charge in [-0.2, -0.15) is 0 Å². The molecule has 0 unspecified atom stereocenters.